The van der Waals surface area contributed by atoms with E-state index in [0.717, 1.165) is 43.6 Å². The van der Waals surface area contributed by atoms with Crippen LogP contribution in [0.25, 0.3) is 10.9 Å². The number of aromatic nitrogens is 2. The Balaban J connectivity index is 1.21. The number of thioether (sulfide) groups is 1. The monoisotopic (exact) mass is 643 g/mol. The van der Waals surface area contributed by atoms with Crippen molar-refractivity contribution in [3.63, 3.8) is 0 Å². The Hall–Kier alpha value is -3.82. The summed E-state index contributed by atoms with van der Waals surface area (Å²) in [6.07, 6.45) is 4.22. The number of nitrogens with one attached hydrogen (secondary N) is 1. The third-order valence-electron chi connectivity index (χ3n) is 9.06. The summed E-state index contributed by atoms with van der Waals surface area (Å²) in [6.45, 7) is 3.35. The quantitative estimate of drug-likeness (QED) is 0.184. The van der Waals surface area contributed by atoms with Crippen molar-refractivity contribution in [1.29, 1.82) is 0 Å². The number of carbonyl (C=O) groups excluding carboxylic acids is 2. The highest BCUT2D eigenvalue weighted by Crippen LogP contribution is 2.39. The van der Waals surface area contributed by atoms with Gasteiger partial charge in [-0.15, -0.1) is 0 Å². The van der Waals surface area contributed by atoms with Crippen LogP contribution in [0.2, 0.25) is 5.02 Å². The Morgan fingerprint density at radius 1 is 0.867 bits per heavy atom. The molecule has 0 bridgehead atoms. The zero-order valence-corrected chi connectivity index (χ0v) is 26.9. The van der Waals surface area contributed by atoms with Gasteiger partial charge in [0.15, 0.2) is 5.16 Å². The number of carbonyl (C=O) groups is 2. The van der Waals surface area contributed by atoms with Crippen LogP contribution in [0.15, 0.2) is 88.8 Å². The first-order valence-electron chi connectivity index (χ1n) is 15.7. The fourth-order valence-corrected chi connectivity index (χ4v) is 7.56. The van der Waals surface area contributed by atoms with Gasteiger partial charge in [0.2, 0.25) is 11.8 Å². The molecule has 234 valence electrons. The van der Waals surface area contributed by atoms with Gasteiger partial charge in [-0.3, -0.25) is 19.0 Å². The summed E-state index contributed by atoms with van der Waals surface area (Å²) in [5, 5.41) is 4.71. The maximum absolute atomic E-state index is 14.0. The average molecular weight is 644 g/mol. The zero-order valence-electron chi connectivity index (χ0n) is 25.3. The molecule has 1 saturated carbocycles. The van der Waals surface area contributed by atoms with Crippen molar-refractivity contribution in [1.82, 2.24) is 19.8 Å². The van der Waals surface area contributed by atoms with E-state index in [1.54, 1.807) is 10.6 Å². The standard InChI is InChI=1S/C35H38ClN5O3S/c36-29-15-7-5-11-26(29)23-37-33(44)35(17-9-2-10-18-35)25-41-32(43)28-14-6-8-16-30(28)38-34(41)45-24-31(42)40-21-19-39(20-22-40)27-12-3-1-4-13-27/h1,3-8,11-16H,2,9-10,17-25H2,(H,37,44). The minimum Gasteiger partial charge on any atom is -0.368 e. The lowest BCUT2D eigenvalue weighted by atomic mass is 9.73. The van der Waals surface area contributed by atoms with Gasteiger partial charge < -0.3 is 15.1 Å². The summed E-state index contributed by atoms with van der Waals surface area (Å²) in [5.74, 6) is 0.110. The van der Waals surface area contributed by atoms with Gasteiger partial charge in [-0.1, -0.05) is 91.2 Å². The summed E-state index contributed by atoms with van der Waals surface area (Å²) in [5.41, 5.74) is 1.65. The molecular formula is C35H38ClN5O3S. The molecule has 10 heteroatoms. The fourth-order valence-electron chi connectivity index (χ4n) is 6.46. The topological polar surface area (TPSA) is 87.5 Å². The number of nitrogens with zero attached hydrogens (tertiary/aromatic N) is 4. The van der Waals surface area contributed by atoms with E-state index in [9.17, 15) is 14.4 Å². The van der Waals surface area contributed by atoms with Crippen molar-refractivity contribution < 1.29 is 9.59 Å². The molecule has 4 aromatic rings. The van der Waals surface area contributed by atoms with Crippen molar-refractivity contribution in [2.24, 2.45) is 5.41 Å². The highest BCUT2D eigenvalue weighted by atomic mass is 35.5. The molecule has 0 spiro atoms. The Kier molecular flexibility index (Phi) is 9.76. The molecule has 1 saturated heterocycles. The Morgan fingerprint density at radius 3 is 2.31 bits per heavy atom. The van der Waals surface area contributed by atoms with Crippen LogP contribution in [-0.4, -0.2) is 58.2 Å². The van der Waals surface area contributed by atoms with Crippen LogP contribution in [0.5, 0.6) is 0 Å². The van der Waals surface area contributed by atoms with E-state index in [1.165, 1.54) is 11.8 Å². The third kappa shape index (κ3) is 7.05. The molecule has 1 aliphatic carbocycles. The molecule has 1 aromatic heterocycles. The second-order valence-electron chi connectivity index (χ2n) is 11.9. The van der Waals surface area contributed by atoms with Gasteiger partial charge in [0.1, 0.15) is 0 Å². The molecule has 2 amide bonds. The number of benzene rings is 3. The first-order chi connectivity index (χ1) is 21.9. The number of rotatable bonds is 9. The molecule has 2 fully saturated rings. The van der Waals surface area contributed by atoms with Crippen LogP contribution in [0.1, 0.15) is 37.7 Å². The molecular weight excluding hydrogens is 606 g/mol. The van der Waals surface area contributed by atoms with E-state index < -0.39 is 5.41 Å². The second kappa shape index (κ2) is 14.1. The molecule has 0 unspecified atom stereocenters. The minimum absolute atomic E-state index is 0.0199. The van der Waals surface area contributed by atoms with Crippen molar-refractivity contribution >= 4 is 51.8 Å². The number of hydrogen-bond donors (Lipinski definition) is 1. The third-order valence-corrected chi connectivity index (χ3v) is 10.4. The van der Waals surface area contributed by atoms with Crippen molar-refractivity contribution in [3.05, 3.63) is 99.8 Å². The van der Waals surface area contributed by atoms with E-state index >= 15 is 0 Å². The fraction of sp³-hybridized carbons (Fsp3) is 0.371. The van der Waals surface area contributed by atoms with Gasteiger partial charge >= 0.3 is 0 Å². The Bertz CT molecular complexity index is 1720. The van der Waals surface area contributed by atoms with Crippen LogP contribution in [0, 0.1) is 5.41 Å². The number of para-hydroxylation sites is 2. The van der Waals surface area contributed by atoms with Crippen LogP contribution >= 0.6 is 23.4 Å². The van der Waals surface area contributed by atoms with Crippen LogP contribution in [0.4, 0.5) is 5.69 Å². The second-order valence-corrected chi connectivity index (χ2v) is 13.3. The predicted octanol–water partition coefficient (Wildman–Crippen LogP) is 5.76. The summed E-state index contributed by atoms with van der Waals surface area (Å²) in [7, 11) is 0. The number of anilines is 1. The van der Waals surface area contributed by atoms with Gasteiger partial charge in [-0.2, -0.15) is 0 Å². The molecule has 6 rings (SSSR count). The molecule has 2 aliphatic rings. The summed E-state index contributed by atoms with van der Waals surface area (Å²) < 4.78 is 1.65. The lowest BCUT2D eigenvalue weighted by Crippen LogP contribution is -2.49. The predicted molar refractivity (Wildman–Crippen MR) is 181 cm³/mol. The molecule has 2 heterocycles. The molecule has 1 N–H and O–H groups in total. The normalized spacial score (nSPS) is 16.5. The molecule has 8 nitrogen and oxygen atoms in total. The Labute approximate surface area is 272 Å². The summed E-state index contributed by atoms with van der Waals surface area (Å²) in [4.78, 5) is 50.3. The van der Waals surface area contributed by atoms with Crippen molar-refractivity contribution in [2.45, 2.75) is 50.4 Å². The summed E-state index contributed by atoms with van der Waals surface area (Å²) in [6, 6.07) is 25.0. The number of hydrogen-bond acceptors (Lipinski definition) is 6. The Morgan fingerprint density at radius 2 is 1.56 bits per heavy atom. The first-order valence-corrected chi connectivity index (χ1v) is 17.0. The van der Waals surface area contributed by atoms with E-state index in [1.807, 2.05) is 65.6 Å². The minimum atomic E-state index is -0.763. The van der Waals surface area contributed by atoms with Gasteiger partial charge in [0, 0.05) is 50.0 Å². The van der Waals surface area contributed by atoms with Crippen LogP contribution in [-0.2, 0) is 22.7 Å². The average Bonchev–Trinajstić information content (AvgIpc) is 3.09. The lowest BCUT2D eigenvalue weighted by molar-refractivity contribution is -0.134. The number of halogens is 1. The molecule has 1 aliphatic heterocycles. The zero-order chi connectivity index (χ0) is 31.2. The smallest absolute Gasteiger partial charge is 0.262 e. The number of fused-ring (bicyclic) bond motifs is 1. The highest BCUT2D eigenvalue weighted by molar-refractivity contribution is 7.99. The molecule has 45 heavy (non-hydrogen) atoms. The van der Waals surface area contributed by atoms with Gasteiger partial charge in [-0.25, -0.2) is 4.98 Å². The van der Waals surface area contributed by atoms with E-state index in [-0.39, 0.29) is 29.7 Å². The van der Waals surface area contributed by atoms with Gasteiger partial charge in [0.05, 0.1) is 22.1 Å². The molecule has 0 atom stereocenters. The lowest BCUT2D eigenvalue weighted by Gasteiger charge is -2.37. The SMILES string of the molecule is O=C(CSc1nc2ccccc2c(=O)n1CC1(C(=O)NCc2ccccc2Cl)CCCCC1)N1CCN(c2ccccc2)CC1. The van der Waals surface area contributed by atoms with Crippen molar-refractivity contribution in [2.75, 3.05) is 36.8 Å². The number of amides is 2. The molecule has 3 aromatic carbocycles. The van der Waals surface area contributed by atoms with E-state index in [2.05, 4.69) is 22.3 Å². The van der Waals surface area contributed by atoms with E-state index in [4.69, 9.17) is 16.6 Å². The first kappa shape index (κ1) is 31.2. The van der Waals surface area contributed by atoms with E-state index in [0.29, 0.717) is 53.6 Å². The van der Waals surface area contributed by atoms with Crippen LogP contribution < -0.4 is 15.8 Å². The largest absolute Gasteiger partial charge is 0.368 e. The maximum Gasteiger partial charge on any atom is 0.262 e. The van der Waals surface area contributed by atoms with Crippen LogP contribution in [0.3, 0.4) is 0 Å². The molecule has 0 radical (unpaired) electrons. The van der Waals surface area contributed by atoms with Gasteiger partial charge in [0.25, 0.3) is 5.56 Å². The van der Waals surface area contributed by atoms with Crippen molar-refractivity contribution in [3.8, 4) is 0 Å². The van der Waals surface area contributed by atoms with Gasteiger partial charge in [-0.05, 0) is 48.7 Å². The maximum atomic E-state index is 14.0. The number of piperazine rings is 1. The highest BCUT2D eigenvalue weighted by Gasteiger charge is 2.41. The summed E-state index contributed by atoms with van der Waals surface area (Å²) >= 11 is 7.65.